The summed E-state index contributed by atoms with van der Waals surface area (Å²) in [6.07, 6.45) is 2.18. The number of aliphatic imine (C=N–C) groups is 2. The summed E-state index contributed by atoms with van der Waals surface area (Å²) in [4.78, 5) is 9.46. The number of hydrogen-bond acceptors (Lipinski definition) is 2. The average Bonchev–Trinajstić information content (AvgIpc) is 3.16. The molecule has 1 aliphatic heterocycles. The Morgan fingerprint density at radius 2 is 1.13 bits per heavy atom. The zero-order chi connectivity index (χ0) is 21.2. The maximum atomic E-state index is 6.56. The van der Waals surface area contributed by atoms with Gasteiger partial charge < -0.3 is 0 Å². The first kappa shape index (κ1) is 21.5. The first-order valence-corrected chi connectivity index (χ1v) is 12.7. The highest BCUT2D eigenvalue weighted by Gasteiger charge is 2.60. The number of halogens is 3. The van der Waals surface area contributed by atoms with Crippen LogP contribution in [0.3, 0.4) is 0 Å². The van der Waals surface area contributed by atoms with E-state index in [0.717, 1.165) is 5.71 Å². The van der Waals surface area contributed by atoms with Gasteiger partial charge in [0.2, 0.25) is 9.46 Å². The van der Waals surface area contributed by atoms with Crippen molar-refractivity contribution in [2.24, 2.45) is 9.98 Å². The Morgan fingerprint density at radius 1 is 0.733 bits per heavy atom. The minimum absolute atomic E-state index is 0.475. The molecule has 0 spiro atoms. The Kier molecular flexibility index (Phi) is 6.06. The highest BCUT2D eigenvalue weighted by atomic mass is 35.6. The van der Waals surface area contributed by atoms with E-state index in [9.17, 15) is 0 Å². The molecule has 0 amide bonds. The van der Waals surface area contributed by atoms with Crippen molar-refractivity contribution in [2.75, 3.05) is 6.16 Å². The van der Waals surface area contributed by atoms with Crippen LogP contribution in [-0.4, -0.2) is 27.5 Å². The Bertz CT molecular complexity index is 967. The highest BCUT2D eigenvalue weighted by Crippen LogP contribution is 2.61. The molecule has 1 atom stereocenters. The van der Waals surface area contributed by atoms with Crippen LogP contribution < -0.4 is 15.9 Å². The van der Waals surface area contributed by atoms with Crippen LogP contribution in [0.25, 0.3) is 0 Å². The van der Waals surface area contributed by atoms with Gasteiger partial charge in [-0.1, -0.05) is 89.4 Å². The van der Waals surface area contributed by atoms with Crippen LogP contribution >= 0.6 is 42.1 Å². The van der Waals surface area contributed by atoms with Crippen LogP contribution in [0.15, 0.2) is 101 Å². The quantitative estimate of drug-likeness (QED) is 0.340. The van der Waals surface area contributed by atoms with E-state index in [1.165, 1.54) is 15.9 Å². The molecule has 3 aromatic carbocycles. The largest absolute Gasteiger partial charge is 0.253 e. The summed E-state index contributed by atoms with van der Waals surface area (Å²) in [6.45, 7) is 1.88. The van der Waals surface area contributed by atoms with Crippen molar-refractivity contribution in [3.63, 3.8) is 0 Å². The minimum Gasteiger partial charge on any atom is -0.253 e. The third-order valence-electron chi connectivity index (χ3n) is 5.33. The predicted octanol–water partition coefficient (Wildman–Crippen LogP) is 5.59. The Morgan fingerprint density at radius 3 is 1.43 bits per heavy atom. The van der Waals surface area contributed by atoms with Gasteiger partial charge >= 0.3 is 0 Å². The highest BCUT2D eigenvalue weighted by molar-refractivity contribution is 7.95. The van der Waals surface area contributed by atoms with Crippen molar-refractivity contribution < 1.29 is 0 Å². The van der Waals surface area contributed by atoms with Crippen LogP contribution in [0.4, 0.5) is 0 Å². The van der Waals surface area contributed by atoms with Crippen LogP contribution in [0.5, 0.6) is 0 Å². The third kappa shape index (κ3) is 3.83. The molecule has 152 valence electrons. The number of benzene rings is 3. The van der Waals surface area contributed by atoms with Crippen molar-refractivity contribution in [3.8, 4) is 0 Å². The molecule has 0 aromatic heterocycles. The lowest BCUT2D eigenvalue weighted by Crippen LogP contribution is -2.48. The van der Waals surface area contributed by atoms with Gasteiger partial charge in [-0.05, 0) is 43.3 Å². The smallest absolute Gasteiger partial charge is 0.238 e. The van der Waals surface area contributed by atoms with E-state index < -0.39 is 16.7 Å². The van der Waals surface area contributed by atoms with E-state index in [4.69, 9.17) is 39.8 Å². The summed E-state index contributed by atoms with van der Waals surface area (Å²) in [5, 5.41) is 3.60. The SMILES string of the molecule is CC1=NC(C[P+](c2ccccc2)(c2ccccc2)c2ccccc2)(C(Cl)(Cl)Cl)N=C1. The molecule has 1 heterocycles. The molecule has 6 heteroatoms. The van der Waals surface area contributed by atoms with E-state index in [2.05, 4.69) is 77.8 Å². The zero-order valence-electron chi connectivity index (χ0n) is 16.4. The molecule has 0 radical (unpaired) electrons. The number of nitrogens with zero attached hydrogens (tertiary/aromatic N) is 2. The maximum absolute atomic E-state index is 6.56. The molecule has 4 rings (SSSR count). The van der Waals surface area contributed by atoms with Gasteiger partial charge in [-0.3, -0.25) is 9.98 Å². The molecule has 0 aliphatic carbocycles. The molecule has 1 aliphatic rings. The molecule has 0 saturated carbocycles. The van der Waals surface area contributed by atoms with Gasteiger partial charge in [0.1, 0.15) is 29.3 Å². The normalized spacial score (nSPS) is 19.0. The fourth-order valence-electron chi connectivity index (χ4n) is 3.95. The van der Waals surface area contributed by atoms with Gasteiger partial charge in [-0.15, -0.1) is 0 Å². The third-order valence-corrected chi connectivity index (χ3v) is 10.7. The number of rotatable bonds is 5. The zero-order valence-corrected chi connectivity index (χ0v) is 19.6. The fraction of sp³-hybridized carbons (Fsp3) is 0.167. The standard InChI is InChI=1S/C24H21Cl3N2P/c1-19-17-28-23(29-19,24(25,26)27)18-30(20-11-5-2-6-12-20,21-13-7-3-8-14-21)22-15-9-4-10-16-22/h2-17H,18H2,1H3/q+1. The molecular formula is C24H21Cl3N2P+. The topological polar surface area (TPSA) is 24.7 Å². The molecular weight excluding hydrogens is 454 g/mol. The molecule has 3 aromatic rings. The molecule has 0 saturated heterocycles. The second kappa shape index (κ2) is 8.44. The van der Waals surface area contributed by atoms with Crippen molar-refractivity contribution >= 4 is 69.9 Å². The molecule has 0 bridgehead atoms. The minimum atomic E-state index is -2.26. The number of hydrogen-bond donors (Lipinski definition) is 0. The van der Waals surface area contributed by atoms with Gasteiger partial charge in [0.05, 0.1) is 5.71 Å². The van der Waals surface area contributed by atoms with Gasteiger partial charge in [-0.2, -0.15) is 0 Å². The molecule has 0 fully saturated rings. The Hall–Kier alpha value is -1.70. The van der Waals surface area contributed by atoms with Gasteiger partial charge in [0, 0.05) is 6.21 Å². The summed E-state index contributed by atoms with van der Waals surface area (Å²) >= 11 is 19.7. The summed E-state index contributed by atoms with van der Waals surface area (Å²) in [6, 6.07) is 31.4. The lowest BCUT2D eigenvalue weighted by molar-refractivity contribution is 0.527. The Balaban J connectivity index is 2.05. The lowest BCUT2D eigenvalue weighted by atomic mass is 10.2. The van der Waals surface area contributed by atoms with Gasteiger partial charge in [-0.25, -0.2) is 0 Å². The van der Waals surface area contributed by atoms with Crippen LogP contribution in [0.1, 0.15) is 6.92 Å². The van der Waals surface area contributed by atoms with E-state index in [0.29, 0.717) is 6.16 Å². The van der Waals surface area contributed by atoms with Crippen molar-refractivity contribution in [1.29, 1.82) is 0 Å². The predicted molar refractivity (Wildman–Crippen MR) is 135 cm³/mol. The second-order valence-electron chi connectivity index (χ2n) is 7.30. The monoisotopic (exact) mass is 473 g/mol. The molecule has 0 N–H and O–H groups in total. The van der Waals surface area contributed by atoms with E-state index >= 15 is 0 Å². The van der Waals surface area contributed by atoms with Crippen molar-refractivity contribution in [2.45, 2.75) is 16.4 Å². The summed E-state index contributed by atoms with van der Waals surface area (Å²) in [5.74, 6) is 0. The molecule has 30 heavy (non-hydrogen) atoms. The van der Waals surface area contributed by atoms with E-state index in [1.54, 1.807) is 6.21 Å². The van der Waals surface area contributed by atoms with E-state index in [1.807, 2.05) is 25.1 Å². The van der Waals surface area contributed by atoms with Crippen LogP contribution in [-0.2, 0) is 0 Å². The summed E-state index contributed by atoms with van der Waals surface area (Å²) in [7, 11) is -2.26. The summed E-state index contributed by atoms with van der Waals surface area (Å²) < 4.78 is -1.69. The van der Waals surface area contributed by atoms with Crippen molar-refractivity contribution in [1.82, 2.24) is 0 Å². The summed E-state index contributed by atoms with van der Waals surface area (Å²) in [5.41, 5.74) is -0.439. The first-order valence-electron chi connectivity index (χ1n) is 9.61. The first-order chi connectivity index (χ1) is 14.4. The average molecular weight is 475 g/mol. The maximum Gasteiger partial charge on any atom is 0.238 e. The van der Waals surface area contributed by atoms with Gasteiger partial charge in [0.15, 0.2) is 0 Å². The van der Waals surface area contributed by atoms with Crippen LogP contribution in [0.2, 0.25) is 0 Å². The van der Waals surface area contributed by atoms with Gasteiger partial charge in [0.25, 0.3) is 0 Å². The van der Waals surface area contributed by atoms with Crippen LogP contribution in [0, 0.1) is 0 Å². The van der Waals surface area contributed by atoms with Crippen molar-refractivity contribution in [3.05, 3.63) is 91.0 Å². The van der Waals surface area contributed by atoms with E-state index in [-0.39, 0.29) is 0 Å². The molecule has 2 nitrogen and oxygen atoms in total. The second-order valence-corrected chi connectivity index (χ2v) is 13.1. The Labute approximate surface area is 193 Å². The number of alkyl halides is 3. The lowest BCUT2D eigenvalue weighted by Gasteiger charge is -2.36. The molecule has 1 unspecified atom stereocenters. The fourth-order valence-corrected chi connectivity index (χ4v) is 9.24.